The molecule has 5 nitrogen and oxygen atoms in total. The summed E-state index contributed by atoms with van der Waals surface area (Å²) >= 11 is 1.44. The second kappa shape index (κ2) is 8.40. The molecule has 0 aliphatic carbocycles. The zero-order valence-corrected chi connectivity index (χ0v) is 18.4. The van der Waals surface area contributed by atoms with Crippen LogP contribution in [0.4, 0.5) is 5.69 Å². The number of thiophene rings is 1. The van der Waals surface area contributed by atoms with E-state index in [9.17, 15) is 9.59 Å². The third-order valence-corrected chi connectivity index (χ3v) is 6.50. The molecule has 0 atom stereocenters. The van der Waals surface area contributed by atoms with E-state index in [2.05, 4.69) is 29.4 Å². The summed E-state index contributed by atoms with van der Waals surface area (Å²) in [7, 11) is 0. The van der Waals surface area contributed by atoms with Crippen molar-refractivity contribution in [3.05, 3.63) is 94.4 Å². The number of fused-ring (bicyclic) bond motifs is 2. The normalized spacial score (nSPS) is 11.2. The molecule has 2 aromatic heterocycles. The van der Waals surface area contributed by atoms with E-state index in [0.29, 0.717) is 10.2 Å². The quantitative estimate of drug-likeness (QED) is 0.394. The smallest absolute Gasteiger partial charge is 0.263 e. The maximum atomic E-state index is 13.3. The number of aromatic nitrogens is 2. The number of anilines is 1. The van der Waals surface area contributed by atoms with Crippen molar-refractivity contribution in [3.8, 4) is 11.1 Å². The molecule has 0 aliphatic rings. The van der Waals surface area contributed by atoms with Crippen LogP contribution in [0, 0.1) is 0 Å². The number of aryl methyl sites for hydroxylation is 1. The number of carbonyl (C=O) groups excluding carboxylic acids is 1. The van der Waals surface area contributed by atoms with Crippen LogP contribution < -0.4 is 10.9 Å². The van der Waals surface area contributed by atoms with Crippen molar-refractivity contribution in [2.45, 2.75) is 19.9 Å². The van der Waals surface area contributed by atoms with Crippen LogP contribution in [0.25, 0.3) is 32.1 Å². The van der Waals surface area contributed by atoms with Crippen LogP contribution in [0.3, 0.4) is 0 Å². The summed E-state index contributed by atoms with van der Waals surface area (Å²) in [6.45, 7) is 2.01. The summed E-state index contributed by atoms with van der Waals surface area (Å²) < 4.78 is 1.37. The first-order valence-corrected chi connectivity index (χ1v) is 11.4. The largest absolute Gasteiger partial charge is 0.324 e. The Balaban J connectivity index is 1.46. The fourth-order valence-corrected chi connectivity index (χ4v) is 4.80. The topological polar surface area (TPSA) is 64.0 Å². The second-order valence-corrected chi connectivity index (χ2v) is 8.49. The number of rotatable bonds is 5. The summed E-state index contributed by atoms with van der Waals surface area (Å²) in [5.41, 5.74) is 3.59. The number of benzene rings is 3. The monoisotopic (exact) mass is 439 g/mol. The lowest BCUT2D eigenvalue weighted by Crippen LogP contribution is -2.27. The molecule has 2 heterocycles. The van der Waals surface area contributed by atoms with E-state index >= 15 is 0 Å². The minimum absolute atomic E-state index is 0.102. The average molecular weight is 440 g/mol. The Morgan fingerprint density at radius 2 is 1.81 bits per heavy atom. The fraction of sp³-hybridized carbons (Fsp3) is 0.115. The highest BCUT2D eigenvalue weighted by Crippen LogP contribution is 2.31. The lowest BCUT2D eigenvalue weighted by Gasteiger charge is -2.10. The van der Waals surface area contributed by atoms with Crippen LogP contribution in [0.15, 0.2) is 83.2 Å². The third kappa shape index (κ3) is 3.69. The molecule has 0 bridgehead atoms. The molecular weight excluding hydrogens is 418 g/mol. The summed E-state index contributed by atoms with van der Waals surface area (Å²) in [5.74, 6) is -0.270. The van der Waals surface area contributed by atoms with Gasteiger partial charge in [-0.05, 0) is 29.0 Å². The lowest BCUT2D eigenvalue weighted by atomic mass is 10.0. The lowest BCUT2D eigenvalue weighted by molar-refractivity contribution is -0.116. The first-order valence-electron chi connectivity index (χ1n) is 10.5. The molecule has 0 aliphatic heterocycles. The van der Waals surface area contributed by atoms with Crippen molar-refractivity contribution in [3.63, 3.8) is 0 Å². The van der Waals surface area contributed by atoms with Gasteiger partial charge in [-0.3, -0.25) is 14.2 Å². The van der Waals surface area contributed by atoms with E-state index in [4.69, 9.17) is 0 Å². The van der Waals surface area contributed by atoms with Gasteiger partial charge in [0.25, 0.3) is 5.56 Å². The maximum Gasteiger partial charge on any atom is 0.263 e. The standard InChI is InChI=1S/C26H21N3O2S/c1-2-17-10-12-19(13-11-17)21-15-32-25-24(21)26(31)29(16-27-25)14-23(30)28-22-9-5-7-18-6-3-4-8-20(18)22/h3-13,15-16H,2,14H2,1H3,(H,28,30). The third-order valence-electron chi connectivity index (χ3n) is 5.61. The van der Waals surface area contributed by atoms with Gasteiger partial charge in [-0.1, -0.05) is 67.6 Å². The molecule has 32 heavy (non-hydrogen) atoms. The highest BCUT2D eigenvalue weighted by molar-refractivity contribution is 7.17. The SMILES string of the molecule is CCc1ccc(-c2csc3ncn(CC(=O)Nc4cccc5ccccc45)c(=O)c23)cc1. The highest BCUT2D eigenvalue weighted by atomic mass is 32.1. The predicted octanol–water partition coefficient (Wildman–Crippen LogP) is 5.48. The highest BCUT2D eigenvalue weighted by Gasteiger charge is 2.15. The number of nitrogens with one attached hydrogen (secondary N) is 1. The van der Waals surface area contributed by atoms with Crippen LogP contribution in [0.1, 0.15) is 12.5 Å². The van der Waals surface area contributed by atoms with E-state index < -0.39 is 0 Å². The van der Waals surface area contributed by atoms with Crippen molar-refractivity contribution in [2.75, 3.05) is 5.32 Å². The molecule has 0 saturated carbocycles. The molecular formula is C26H21N3O2S. The molecule has 0 unspecified atom stereocenters. The number of hydrogen-bond donors (Lipinski definition) is 1. The second-order valence-electron chi connectivity index (χ2n) is 7.63. The molecule has 0 spiro atoms. The Hall–Kier alpha value is -3.77. The van der Waals surface area contributed by atoms with Gasteiger partial charge in [0.2, 0.25) is 5.91 Å². The molecule has 0 radical (unpaired) electrons. The summed E-state index contributed by atoms with van der Waals surface area (Å²) in [6.07, 6.45) is 2.42. The zero-order valence-electron chi connectivity index (χ0n) is 17.5. The van der Waals surface area contributed by atoms with Gasteiger partial charge in [-0.15, -0.1) is 11.3 Å². The van der Waals surface area contributed by atoms with Crippen molar-refractivity contribution in [1.82, 2.24) is 9.55 Å². The van der Waals surface area contributed by atoms with Gasteiger partial charge in [-0.25, -0.2) is 4.98 Å². The number of amides is 1. The number of carbonyl (C=O) groups is 1. The van der Waals surface area contributed by atoms with Crippen molar-refractivity contribution < 1.29 is 4.79 Å². The minimum atomic E-state index is -0.270. The minimum Gasteiger partial charge on any atom is -0.324 e. The van der Waals surface area contributed by atoms with E-state index in [-0.39, 0.29) is 18.0 Å². The van der Waals surface area contributed by atoms with Gasteiger partial charge in [0.05, 0.1) is 11.7 Å². The van der Waals surface area contributed by atoms with Gasteiger partial charge in [-0.2, -0.15) is 0 Å². The Bertz CT molecular complexity index is 1490. The van der Waals surface area contributed by atoms with Crippen LogP contribution in [0.5, 0.6) is 0 Å². The van der Waals surface area contributed by atoms with Crippen molar-refractivity contribution >= 4 is 43.9 Å². The van der Waals surface area contributed by atoms with E-state index in [1.54, 1.807) is 0 Å². The van der Waals surface area contributed by atoms with Crippen LogP contribution in [0.2, 0.25) is 0 Å². The number of nitrogens with zero attached hydrogens (tertiary/aromatic N) is 2. The Kier molecular flexibility index (Phi) is 5.29. The molecule has 0 fully saturated rings. The summed E-state index contributed by atoms with van der Waals surface area (Å²) in [5, 5.41) is 7.45. The van der Waals surface area contributed by atoms with E-state index in [1.165, 1.54) is 27.8 Å². The van der Waals surface area contributed by atoms with Gasteiger partial charge < -0.3 is 5.32 Å². The first kappa shape index (κ1) is 20.2. The Labute approximate surface area is 189 Å². The molecule has 1 N–H and O–H groups in total. The Morgan fingerprint density at radius 1 is 1.03 bits per heavy atom. The zero-order chi connectivity index (χ0) is 22.1. The molecule has 158 valence electrons. The molecule has 3 aromatic carbocycles. The molecule has 1 amide bonds. The molecule has 0 saturated heterocycles. The van der Waals surface area contributed by atoms with Crippen LogP contribution in [-0.2, 0) is 17.8 Å². The van der Waals surface area contributed by atoms with Crippen LogP contribution >= 0.6 is 11.3 Å². The Morgan fingerprint density at radius 3 is 2.62 bits per heavy atom. The average Bonchev–Trinajstić information content (AvgIpc) is 3.26. The van der Waals surface area contributed by atoms with Crippen molar-refractivity contribution in [2.24, 2.45) is 0 Å². The van der Waals surface area contributed by atoms with Crippen LogP contribution in [-0.4, -0.2) is 15.5 Å². The van der Waals surface area contributed by atoms with Gasteiger partial charge in [0, 0.05) is 22.0 Å². The van der Waals surface area contributed by atoms with Gasteiger partial charge in [0.1, 0.15) is 11.4 Å². The molecule has 5 aromatic rings. The summed E-state index contributed by atoms with van der Waals surface area (Å²) in [6, 6.07) is 21.8. The predicted molar refractivity (Wildman–Crippen MR) is 131 cm³/mol. The summed E-state index contributed by atoms with van der Waals surface area (Å²) in [4.78, 5) is 31.1. The van der Waals surface area contributed by atoms with E-state index in [1.807, 2.05) is 60.0 Å². The maximum absolute atomic E-state index is 13.3. The first-order chi connectivity index (χ1) is 15.6. The molecule has 5 rings (SSSR count). The van der Waals surface area contributed by atoms with E-state index in [0.717, 1.165) is 34.0 Å². The number of hydrogen-bond acceptors (Lipinski definition) is 4. The van der Waals surface area contributed by atoms with Gasteiger partial charge >= 0.3 is 0 Å². The van der Waals surface area contributed by atoms with Crippen molar-refractivity contribution in [1.29, 1.82) is 0 Å². The molecule has 6 heteroatoms. The fourth-order valence-electron chi connectivity index (χ4n) is 3.89. The van der Waals surface area contributed by atoms with Gasteiger partial charge in [0.15, 0.2) is 0 Å².